The molecule has 0 unspecified atom stereocenters. The molecule has 0 radical (unpaired) electrons. The van der Waals surface area contributed by atoms with Gasteiger partial charge in [-0.05, 0) is 98.9 Å². The van der Waals surface area contributed by atoms with Crippen molar-refractivity contribution in [3.05, 3.63) is 58.1 Å². The molecule has 0 amide bonds. The molecular formula is C41H66O7. The van der Waals surface area contributed by atoms with E-state index in [1.54, 1.807) is 6.07 Å². The number of phenolic OH excluding ortho intramolecular Hbond substituents is 1. The van der Waals surface area contributed by atoms with Crippen molar-refractivity contribution in [3.63, 3.8) is 0 Å². The molecule has 1 heterocycles. The lowest BCUT2D eigenvalue weighted by molar-refractivity contribution is -0.268. The van der Waals surface area contributed by atoms with Crippen molar-refractivity contribution in [1.29, 1.82) is 0 Å². The Balaban J connectivity index is 2.14. The number of hydrogen-bond acceptors (Lipinski definition) is 7. The molecule has 1 aliphatic heterocycles. The Bertz CT molecular complexity index is 1170. The summed E-state index contributed by atoms with van der Waals surface area (Å²) in [5.74, 6) is 1.12. The lowest BCUT2D eigenvalue weighted by Crippen LogP contribution is -2.58. The minimum atomic E-state index is -0.434. The Morgan fingerprint density at radius 3 is 1.81 bits per heavy atom. The molecule has 0 saturated carbocycles. The molecule has 0 spiro atoms. The van der Waals surface area contributed by atoms with Crippen LogP contribution in [0.25, 0.3) is 0 Å². The highest BCUT2D eigenvalue weighted by molar-refractivity contribution is 5.47. The third kappa shape index (κ3) is 12.3. The van der Waals surface area contributed by atoms with E-state index in [2.05, 4.69) is 60.6 Å². The highest BCUT2D eigenvalue weighted by Crippen LogP contribution is 2.42. The van der Waals surface area contributed by atoms with Gasteiger partial charge in [0.1, 0.15) is 42.0 Å². The number of aromatic hydroxyl groups is 1. The number of benzene rings is 2. The van der Waals surface area contributed by atoms with Crippen LogP contribution in [0, 0.1) is 13.8 Å². The Morgan fingerprint density at radius 1 is 0.625 bits per heavy atom. The highest BCUT2D eigenvalue weighted by Gasteiger charge is 2.49. The molecule has 0 bridgehead atoms. The summed E-state index contributed by atoms with van der Waals surface area (Å²) < 4.78 is 40.2. The van der Waals surface area contributed by atoms with Crippen molar-refractivity contribution in [3.8, 4) is 11.5 Å². The number of hydrogen-bond donors (Lipinski definition) is 1. The molecule has 0 aromatic heterocycles. The van der Waals surface area contributed by atoms with Crippen molar-refractivity contribution < 1.29 is 33.5 Å². The van der Waals surface area contributed by atoms with E-state index in [1.807, 2.05) is 12.1 Å². The van der Waals surface area contributed by atoms with Gasteiger partial charge < -0.3 is 33.5 Å². The fourth-order valence-electron chi connectivity index (χ4n) is 6.10. The van der Waals surface area contributed by atoms with E-state index in [-0.39, 0.29) is 30.2 Å². The van der Waals surface area contributed by atoms with Gasteiger partial charge in [-0.2, -0.15) is 0 Å². The van der Waals surface area contributed by atoms with Gasteiger partial charge in [-0.15, -0.1) is 0 Å². The van der Waals surface area contributed by atoms with Crippen LogP contribution in [0.3, 0.4) is 0 Å². The summed E-state index contributed by atoms with van der Waals surface area (Å²) in [5.41, 5.74) is 5.58. The fraction of sp³-hybridized carbons (Fsp3) is 0.707. The summed E-state index contributed by atoms with van der Waals surface area (Å²) in [4.78, 5) is 0. The van der Waals surface area contributed by atoms with Crippen molar-refractivity contribution in [1.82, 2.24) is 0 Å². The first-order chi connectivity index (χ1) is 23.4. The van der Waals surface area contributed by atoms with Gasteiger partial charge in [-0.3, -0.25) is 0 Å². The van der Waals surface area contributed by atoms with Crippen molar-refractivity contribution in [2.75, 3.05) is 39.6 Å². The lowest BCUT2D eigenvalue weighted by Gasteiger charge is -2.47. The van der Waals surface area contributed by atoms with Crippen LogP contribution in [0.15, 0.2) is 30.3 Å². The Kier molecular flexibility index (Phi) is 18.9. The van der Waals surface area contributed by atoms with Crippen molar-refractivity contribution >= 4 is 0 Å². The largest absolute Gasteiger partial charge is 0.508 e. The summed E-state index contributed by atoms with van der Waals surface area (Å²) >= 11 is 0. The molecule has 5 atom stereocenters. The summed E-state index contributed by atoms with van der Waals surface area (Å²) in [5, 5.41) is 10.1. The smallest absolute Gasteiger partial charge is 0.125 e. The van der Waals surface area contributed by atoms with E-state index in [0.717, 1.165) is 93.1 Å². The molecule has 48 heavy (non-hydrogen) atoms. The van der Waals surface area contributed by atoms with E-state index in [0.29, 0.717) is 39.6 Å². The van der Waals surface area contributed by atoms with Gasteiger partial charge in [0.15, 0.2) is 0 Å². The third-order valence-electron chi connectivity index (χ3n) is 9.22. The molecule has 272 valence electrons. The number of aryl methyl sites for hydroxylation is 2. The Hall–Kier alpha value is -2.16. The average molecular weight is 671 g/mol. The molecule has 7 heteroatoms. The van der Waals surface area contributed by atoms with Crippen LogP contribution in [-0.2, 0) is 30.1 Å². The van der Waals surface area contributed by atoms with Crippen LogP contribution >= 0.6 is 0 Å². The second-order valence-corrected chi connectivity index (χ2v) is 13.4. The molecule has 1 fully saturated rings. The van der Waals surface area contributed by atoms with E-state index in [4.69, 9.17) is 28.4 Å². The Labute approximate surface area is 292 Å². The molecule has 1 N–H and O–H groups in total. The quantitative estimate of drug-likeness (QED) is 0.112. The zero-order valence-electron chi connectivity index (χ0n) is 31.2. The summed E-state index contributed by atoms with van der Waals surface area (Å²) in [6.45, 7) is 18.8. The predicted octanol–water partition coefficient (Wildman–Crippen LogP) is 9.59. The highest BCUT2D eigenvalue weighted by atomic mass is 16.6. The minimum absolute atomic E-state index is 0.285. The molecule has 7 nitrogen and oxygen atoms in total. The molecule has 1 saturated heterocycles. The fourth-order valence-corrected chi connectivity index (χ4v) is 6.10. The van der Waals surface area contributed by atoms with E-state index < -0.39 is 6.10 Å². The average Bonchev–Trinajstić information content (AvgIpc) is 3.07. The van der Waals surface area contributed by atoms with Crippen LogP contribution in [-0.4, -0.2) is 69.2 Å². The molecular weight excluding hydrogens is 604 g/mol. The first kappa shape index (κ1) is 40.3. The first-order valence-corrected chi connectivity index (χ1v) is 19.0. The van der Waals surface area contributed by atoms with Crippen LogP contribution in [0.4, 0.5) is 0 Å². The van der Waals surface area contributed by atoms with Gasteiger partial charge in [0, 0.05) is 32.0 Å². The van der Waals surface area contributed by atoms with E-state index in [9.17, 15) is 5.11 Å². The maximum absolute atomic E-state index is 10.1. The second kappa shape index (κ2) is 22.5. The van der Waals surface area contributed by atoms with Crippen LogP contribution in [0.1, 0.15) is 133 Å². The second-order valence-electron chi connectivity index (χ2n) is 13.4. The third-order valence-corrected chi connectivity index (χ3v) is 9.22. The number of phenols is 1. The zero-order chi connectivity index (χ0) is 34.7. The number of ether oxygens (including phenoxy) is 6. The van der Waals surface area contributed by atoms with Gasteiger partial charge in [-0.25, -0.2) is 0 Å². The van der Waals surface area contributed by atoms with Gasteiger partial charge in [0.2, 0.25) is 0 Å². The van der Waals surface area contributed by atoms with Gasteiger partial charge in [0.25, 0.3) is 0 Å². The molecule has 2 aromatic rings. The predicted molar refractivity (Wildman–Crippen MR) is 195 cm³/mol. The first-order valence-electron chi connectivity index (χ1n) is 19.0. The molecule has 0 aliphatic carbocycles. The molecule has 2 aromatic carbocycles. The van der Waals surface area contributed by atoms with Gasteiger partial charge >= 0.3 is 0 Å². The van der Waals surface area contributed by atoms with E-state index in [1.165, 1.54) is 11.1 Å². The Morgan fingerprint density at radius 2 is 1.19 bits per heavy atom. The number of unbranched alkanes of at least 4 members (excludes halogenated alkanes) is 5. The normalized spacial score (nSPS) is 21.1. The SMILES string of the molecule is CCCCOC[C@H]1O[C@@H](c2cc(Cc3ccc(O)cc3C)c(C)cc2OCCCC)[C@H](OCCCC)[C@@H](OCCCC)[C@@H]1OCCCC. The van der Waals surface area contributed by atoms with Gasteiger partial charge in [0.05, 0.1) is 13.2 Å². The maximum atomic E-state index is 10.1. The summed E-state index contributed by atoms with van der Waals surface area (Å²) in [7, 11) is 0. The lowest BCUT2D eigenvalue weighted by atomic mass is 9.87. The van der Waals surface area contributed by atoms with Crippen LogP contribution in [0.5, 0.6) is 11.5 Å². The molecule has 3 rings (SSSR count). The van der Waals surface area contributed by atoms with Crippen LogP contribution < -0.4 is 4.74 Å². The topological polar surface area (TPSA) is 75.6 Å². The monoisotopic (exact) mass is 670 g/mol. The summed E-state index contributed by atoms with van der Waals surface area (Å²) in [6.07, 6.45) is 9.09. The van der Waals surface area contributed by atoms with Gasteiger partial charge in [-0.1, -0.05) is 72.8 Å². The van der Waals surface area contributed by atoms with Crippen molar-refractivity contribution in [2.24, 2.45) is 0 Å². The maximum Gasteiger partial charge on any atom is 0.125 e. The van der Waals surface area contributed by atoms with Crippen molar-refractivity contribution in [2.45, 2.75) is 150 Å². The van der Waals surface area contributed by atoms with Crippen LogP contribution in [0.2, 0.25) is 0 Å². The summed E-state index contributed by atoms with van der Waals surface area (Å²) in [6, 6.07) is 10.0. The minimum Gasteiger partial charge on any atom is -0.508 e. The van der Waals surface area contributed by atoms with E-state index >= 15 is 0 Å². The standard InChI is InChI=1S/C41H66O7/c1-8-13-20-43-29-37-39(45-22-15-10-3)41(47-24-17-12-5)40(46-23-16-11-4)38(48-37)35-28-33(27-32-18-19-34(42)25-30(32)6)31(7)26-36(35)44-21-14-9-2/h18-19,25-26,28,37-42H,8-17,20-24,27,29H2,1-7H3/t37-,38+,39-,40+,41+/m1/s1. The zero-order valence-corrected chi connectivity index (χ0v) is 31.2. The number of rotatable bonds is 24. The molecule has 1 aliphatic rings.